The molecule has 1 atom stereocenters. The zero-order chi connectivity index (χ0) is 22.7. The van der Waals surface area contributed by atoms with Gasteiger partial charge in [0.1, 0.15) is 5.82 Å². The fourth-order valence-corrected chi connectivity index (χ4v) is 4.34. The van der Waals surface area contributed by atoms with Crippen LogP contribution in [0.3, 0.4) is 0 Å². The van der Waals surface area contributed by atoms with Crippen molar-refractivity contribution in [3.63, 3.8) is 0 Å². The molecule has 7 nitrogen and oxygen atoms in total. The Balaban J connectivity index is 1.52. The van der Waals surface area contributed by atoms with Gasteiger partial charge in [0, 0.05) is 30.8 Å². The van der Waals surface area contributed by atoms with Crippen molar-refractivity contribution in [2.24, 2.45) is 5.92 Å². The number of likely N-dealkylation sites (tertiary alicyclic amines) is 1. The molecule has 8 heteroatoms. The molecule has 1 aliphatic heterocycles. The largest absolute Gasteiger partial charge is 0.493 e. The number of methoxy groups -OCH3 is 1. The highest BCUT2D eigenvalue weighted by Crippen LogP contribution is 2.37. The summed E-state index contributed by atoms with van der Waals surface area (Å²) in [5.74, 6) is 2.43. The van der Waals surface area contributed by atoms with E-state index in [2.05, 4.69) is 24.0 Å². The van der Waals surface area contributed by atoms with Crippen molar-refractivity contribution in [1.29, 1.82) is 0 Å². The molecule has 32 heavy (non-hydrogen) atoms. The Morgan fingerprint density at radius 1 is 1.28 bits per heavy atom. The van der Waals surface area contributed by atoms with Gasteiger partial charge in [0.05, 0.1) is 18.7 Å². The van der Waals surface area contributed by atoms with Crippen molar-refractivity contribution >= 4 is 23.2 Å². The first kappa shape index (κ1) is 22.4. The lowest BCUT2D eigenvalue weighted by Crippen LogP contribution is -2.39. The molecule has 2 aromatic heterocycles. The van der Waals surface area contributed by atoms with Crippen LogP contribution < -0.4 is 9.47 Å². The third kappa shape index (κ3) is 4.67. The summed E-state index contributed by atoms with van der Waals surface area (Å²) in [5, 5.41) is 9.04. The number of rotatable bonds is 7. The Labute approximate surface area is 193 Å². The topological polar surface area (TPSA) is 69.0 Å². The number of carbonyl (C=O) groups excluding carboxylic acids is 1. The summed E-state index contributed by atoms with van der Waals surface area (Å²) in [6.45, 7) is 6.09. The quantitative estimate of drug-likeness (QED) is 0.509. The van der Waals surface area contributed by atoms with Crippen LogP contribution in [0.2, 0.25) is 5.02 Å². The number of piperidine rings is 1. The number of halogens is 1. The van der Waals surface area contributed by atoms with Crippen molar-refractivity contribution in [3.05, 3.63) is 52.9 Å². The zero-order valence-corrected chi connectivity index (χ0v) is 19.5. The second-order valence-electron chi connectivity index (χ2n) is 8.60. The maximum absolute atomic E-state index is 13.3. The fraction of sp³-hybridized carbons (Fsp3) is 0.458. The fourth-order valence-electron chi connectivity index (χ4n) is 4.07. The molecular weight excluding hydrogens is 428 g/mol. The van der Waals surface area contributed by atoms with Crippen LogP contribution in [0.25, 0.3) is 5.65 Å². The van der Waals surface area contributed by atoms with Crippen LogP contribution in [0.15, 0.2) is 36.5 Å². The van der Waals surface area contributed by atoms with Crippen LogP contribution in [0, 0.1) is 5.92 Å². The molecule has 0 radical (unpaired) electrons. The van der Waals surface area contributed by atoms with Crippen LogP contribution >= 0.6 is 11.6 Å². The van der Waals surface area contributed by atoms with E-state index in [1.165, 1.54) is 0 Å². The number of pyridine rings is 1. The lowest BCUT2D eigenvalue weighted by atomic mass is 9.96. The van der Waals surface area contributed by atoms with E-state index in [0.29, 0.717) is 47.7 Å². The Hall–Kier alpha value is -2.80. The average molecular weight is 457 g/mol. The molecule has 3 aromatic rings. The minimum absolute atomic E-state index is 0.0718. The van der Waals surface area contributed by atoms with Crippen LogP contribution in [0.5, 0.6) is 11.5 Å². The number of carbonyl (C=O) groups is 1. The Morgan fingerprint density at radius 2 is 2.12 bits per heavy atom. The van der Waals surface area contributed by atoms with E-state index >= 15 is 0 Å². The summed E-state index contributed by atoms with van der Waals surface area (Å²) < 4.78 is 13.3. The van der Waals surface area contributed by atoms with Gasteiger partial charge in [-0.2, -0.15) is 0 Å². The molecule has 1 aliphatic rings. The molecule has 0 aliphatic carbocycles. The molecule has 0 bridgehead atoms. The summed E-state index contributed by atoms with van der Waals surface area (Å²) in [6, 6.07) is 9.23. The van der Waals surface area contributed by atoms with Gasteiger partial charge in [-0.1, -0.05) is 31.5 Å². The molecular formula is C24H29ClN4O3. The van der Waals surface area contributed by atoms with Crippen molar-refractivity contribution in [1.82, 2.24) is 19.5 Å². The highest BCUT2D eigenvalue weighted by atomic mass is 35.5. The van der Waals surface area contributed by atoms with Crippen molar-refractivity contribution in [3.8, 4) is 11.5 Å². The SMILES string of the molecule is COc1cc(C(=O)N2CCCC(c3nnc4ccccn34)C2)cc(Cl)c1OCCC(C)C. The summed E-state index contributed by atoms with van der Waals surface area (Å²) in [6.07, 6.45) is 4.74. The van der Waals surface area contributed by atoms with E-state index in [1.54, 1.807) is 19.2 Å². The lowest BCUT2D eigenvalue weighted by Gasteiger charge is -2.32. The minimum Gasteiger partial charge on any atom is -0.493 e. The van der Waals surface area contributed by atoms with Crippen molar-refractivity contribution in [2.75, 3.05) is 26.8 Å². The summed E-state index contributed by atoms with van der Waals surface area (Å²) >= 11 is 6.49. The number of fused-ring (bicyclic) bond motifs is 1. The maximum Gasteiger partial charge on any atom is 0.254 e. The van der Waals surface area contributed by atoms with Crippen LogP contribution in [0.1, 0.15) is 55.2 Å². The zero-order valence-electron chi connectivity index (χ0n) is 18.8. The Bertz CT molecular complexity index is 1100. The second kappa shape index (κ2) is 9.77. The maximum atomic E-state index is 13.3. The minimum atomic E-state index is -0.0718. The summed E-state index contributed by atoms with van der Waals surface area (Å²) in [5.41, 5.74) is 1.31. The van der Waals surface area contributed by atoms with E-state index in [1.807, 2.05) is 33.7 Å². The molecule has 170 valence electrons. The molecule has 1 fully saturated rings. The predicted octanol–water partition coefficient (Wildman–Crippen LogP) is 4.84. The van der Waals surface area contributed by atoms with Crippen molar-refractivity contribution in [2.45, 2.75) is 39.0 Å². The van der Waals surface area contributed by atoms with Crippen LogP contribution in [0.4, 0.5) is 0 Å². The highest BCUT2D eigenvalue weighted by Gasteiger charge is 2.29. The highest BCUT2D eigenvalue weighted by molar-refractivity contribution is 6.32. The van der Waals surface area contributed by atoms with Gasteiger partial charge in [0.15, 0.2) is 17.1 Å². The number of hydrogen-bond acceptors (Lipinski definition) is 5. The van der Waals surface area contributed by atoms with Crippen LogP contribution in [-0.4, -0.2) is 52.2 Å². The molecule has 3 heterocycles. The Morgan fingerprint density at radius 3 is 2.91 bits per heavy atom. The van der Waals surface area contributed by atoms with Crippen molar-refractivity contribution < 1.29 is 14.3 Å². The lowest BCUT2D eigenvalue weighted by molar-refractivity contribution is 0.0703. The van der Waals surface area contributed by atoms with Gasteiger partial charge in [-0.15, -0.1) is 10.2 Å². The molecule has 1 amide bonds. The van der Waals surface area contributed by atoms with E-state index < -0.39 is 0 Å². The third-order valence-corrected chi connectivity index (χ3v) is 6.11. The molecule has 1 unspecified atom stereocenters. The first-order valence-electron chi connectivity index (χ1n) is 11.1. The predicted molar refractivity (Wildman–Crippen MR) is 124 cm³/mol. The molecule has 0 N–H and O–H groups in total. The molecule has 4 rings (SSSR count). The van der Waals surface area contributed by atoms with Gasteiger partial charge < -0.3 is 14.4 Å². The third-order valence-electron chi connectivity index (χ3n) is 5.83. The second-order valence-corrected chi connectivity index (χ2v) is 9.00. The Kier molecular flexibility index (Phi) is 6.84. The standard InChI is InChI=1S/C24H29ClN4O3/c1-16(2)9-12-32-22-19(25)13-18(14-20(22)31-3)24(30)28-10-6-7-17(15-28)23-27-26-21-8-4-5-11-29(21)23/h4-5,8,11,13-14,16-17H,6-7,9-10,12,15H2,1-3H3. The van der Waals surface area contributed by atoms with Crippen LogP contribution in [-0.2, 0) is 0 Å². The van der Waals surface area contributed by atoms with Gasteiger partial charge >= 0.3 is 0 Å². The normalized spacial score (nSPS) is 16.5. The number of hydrogen-bond donors (Lipinski definition) is 0. The number of benzene rings is 1. The first-order valence-corrected chi connectivity index (χ1v) is 11.4. The van der Waals surface area contributed by atoms with E-state index in [9.17, 15) is 4.79 Å². The van der Waals surface area contributed by atoms with E-state index in [-0.39, 0.29) is 11.8 Å². The summed E-state index contributed by atoms with van der Waals surface area (Å²) in [7, 11) is 1.56. The number of ether oxygens (including phenoxy) is 2. The average Bonchev–Trinajstić information content (AvgIpc) is 3.23. The van der Waals surface area contributed by atoms with Gasteiger partial charge in [0.25, 0.3) is 5.91 Å². The molecule has 0 spiro atoms. The molecule has 1 aromatic carbocycles. The molecule has 0 saturated carbocycles. The van der Waals surface area contributed by atoms with Gasteiger partial charge in [-0.25, -0.2) is 0 Å². The first-order chi connectivity index (χ1) is 15.5. The molecule has 1 saturated heterocycles. The van der Waals surface area contributed by atoms with Gasteiger partial charge in [-0.3, -0.25) is 9.20 Å². The van der Waals surface area contributed by atoms with Gasteiger partial charge in [-0.05, 0) is 49.4 Å². The number of amides is 1. The number of nitrogens with zero attached hydrogens (tertiary/aromatic N) is 4. The number of aromatic nitrogens is 3. The van der Waals surface area contributed by atoms with E-state index in [4.69, 9.17) is 21.1 Å². The van der Waals surface area contributed by atoms with E-state index in [0.717, 1.165) is 30.7 Å². The monoisotopic (exact) mass is 456 g/mol. The summed E-state index contributed by atoms with van der Waals surface area (Å²) in [4.78, 5) is 15.2. The van der Waals surface area contributed by atoms with Gasteiger partial charge in [0.2, 0.25) is 0 Å². The smallest absolute Gasteiger partial charge is 0.254 e.